The van der Waals surface area contributed by atoms with Crippen molar-refractivity contribution >= 4 is 17.6 Å². The van der Waals surface area contributed by atoms with Crippen LogP contribution < -0.4 is 4.90 Å². The second kappa shape index (κ2) is 6.35. The molecule has 2 heterocycles. The zero-order valence-electron chi connectivity index (χ0n) is 14.1. The van der Waals surface area contributed by atoms with Crippen LogP contribution >= 0.6 is 0 Å². The third-order valence-corrected chi connectivity index (χ3v) is 5.21. The van der Waals surface area contributed by atoms with Crippen molar-refractivity contribution in [3.05, 3.63) is 47.3 Å². The van der Waals surface area contributed by atoms with Gasteiger partial charge in [0.2, 0.25) is 5.76 Å². The lowest BCUT2D eigenvalue weighted by Crippen LogP contribution is -2.31. The fraction of sp³-hybridized carbons (Fsp3) is 0.421. The van der Waals surface area contributed by atoms with Gasteiger partial charge < -0.3 is 14.2 Å². The minimum atomic E-state index is -0.470. The second-order valence-electron chi connectivity index (χ2n) is 6.65. The number of ether oxygens (including phenoxy) is 1. The lowest BCUT2D eigenvalue weighted by Gasteiger charge is -2.15. The number of para-hydroxylation sites is 1. The topological polar surface area (TPSA) is 72.6 Å². The quantitative estimate of drug-likeness (QED) is 0.802. The highest BCUT2D eigenvalue weighted by atomic mass is 16.5. The molecule has 1 atom stereocenters. The zero-order valence-corrected chi connectivity index (χ0v) is 14.1. The molecule has 1 saturated carbocycles. The van der Waals surface area contributed by atoms with E-state index in [-0.39, 0.29) is 24.2 Å². The van der Waals surface area contributed by atoms with Crippen LogP contribution in [0.2, 0.25) is 0 Å². The number of methoxy groups -OCH3 is 1. The third-order valence-electron chi connectivity index (χ3n) is 5.21. The summed E-state index contributed by atoms with van der Waals surface area (Å²) in [6, 6.07) is 9.16. The van der Waals surface area contributed by atoms with E-state index >= 15 is 0 Å². The Morgan fingerprint density at radius 2 is 2.00 bits per heavy atom. The Morgan fingerprint density at radius 3 is 2.76 bits per heavy atom. The molecule has 0 spiro atoms. The summed E-state index contributed by atoms with van der Waals surface area (Å²) in [5.74, 6) is -0.467. The number of hydrogen-bond acceptors (Lipinski definition) is 5. The summed E-state index contributed by atoms with van der Waals surface area (Å²) in [7, 11) is 1.36. The molecule has 1 aromatic heterocycles. The maximum Gasteiger partial charge on any atom is 0.315 e. The first-order valence-electron chi connectivity index (χ1n) is 8.64. The molecule has 0 N–H and O–H groups in total. The number of carbonyl (C=O) groups excluding carboxylic acids is 2. The summed E-state index contributed by atoms with van der Waals surface area (Å²) >= 11 is 0. The molecular weight excluding hydrogens is 320 g/mol. The van der Waals surface area contributed by atoms with E-state index in [4.69, 9.17) is 9.26 Å². The summed E-state index contributed by atoms with van der Waals surface area (Å²) < 4.78 is 10.2. The Kier molecular flexibility index (Phi) is 4.03. The first-order valence-corrected chi connectivity index (χ1v) is 8.64. The number of rotatable bonds is 3. The van der Waals surface area contributed by atoms with E-state index in [1.54, 1.807) is 11.0 Å². The SMILES string of the molecule is COC(=O)C1CN(C(=O)c2cc(C3CCCC3)no2)c2ccccc21. The van der Waals surface area contributed by atoms with Gasteiger partial charge in [-0.2, -0.15) is 0 Å². The van der Waals surface area contributed by atoms with Gasteiger partial charge in [0, 0.05) is 24.2 Å². The largest absolute Gasteiger partial charge is 0.468 e. The van der Waals surface area contributed by atoms with Crippen LogP contribution in [0.1, 0.15) is 59.3 Å². The maximum atomic E-state index is 12.9. The van der Waals surface area contributed by atoms with Gasteiger partial charge in [0.1, 0.15) is 5.92 Å². The number of benzene rings is 1. The average Bonchev–Trinajstić information content (AvgIpc) is 3.39. The zero-order chi connectivity index (χ0) is 17.4. The van der Waals surface area contributed by atoms with Crippen molar-refractivity contribution in [2.75, 3.05) is 18.6 Å². The molecule has 130 valence electrons. The molecule has 1 aliphatic heterocycles. The number of hydrogen-bond donors (Lipinski definition) is 0. The van der Waals surface area contributed by atoms with E-state index < -0.39 is 5.92 Å². The molecule has 1 aromatic carbocycles. The highest BCUT2D eigenvalue weighted by Gasteiger charge is 2.38. The van der Waals surface area contributed by atoms with E-state index in [1.807, 2.05) is 24.3 Å². The average molecular weight is 340 g/mol. The summed E-state index contributed by atoms with van der Waals surface area (Å²) in [6.07, 6.45) is 4.58. The standard InChI is InChI=1S/C19H20N2O4/c1-24-19(23)14-11-21(16-9-5-4-8-13(14)16)18(22)17-10-15(20-25-17)12-6-2-3-7-12/h4-5,8-10,12,14H,2-3,6-7,11H2,1H3. The summed E-state index contributed by atoms with van der Waals surface area (Å²) in [6.45, 7) is 0.254. The molecule has 6 heteroatoms. The van der Waals surface area contributed by atoms with Crippen molar-refractivity contribution in [2.24, 2.45) is 0 Å². The van der Waals surface area contributed by atoms with Crippen molar-refractivity contribution in [1.82, 2.24) is 5.16 Å². The number of carbonyl (C=O) groups is 2. The fourth-order valence-corrected chi connectivity index (χ4v) is 3.88. The predicted octanol–water partition coefficient (Wildman–Crippen LogP) is 3.25. The fourth-order valence-electron chi connectivity index (χ4n) is 3.88. The minimum absolute atomic E-state index is 0.224. The van der Waals surface area contributed by atoms with E-state index in [2.05, 4.69) is 5.16 Å². The number of anilines is 1. The van der Waals surface area contributed by atoms with Crippen LogP contribution in [0.5, 0.6) is 0 Å². The Hall–Kier alpha value is -2.63. The van der Waals surface area contributed by atoms with Crippen LogP contribution in [0.25, 0.3) is 0 Å². The Labute approximate surface area is 145 Å². The van der Waals surface area contributed by atoms with Crippen LogP contribution in [0.3, 0.4) is 0 Å². The van der Waals surface area contributed by atoms with Gasteiger partial charge in [-0.25, -0.2) is 0 Å². The van der Waals surface area contributed by atoms with E-state index in [0.717, 1.165) is 29.8 Å². The normalized spacial score (nSPS) is 19.9. The molecular formula is C19H20N2O4. The Balaban J connectivity index is 1.61. The minimum Gasteiger partial charge on any atom is -0.468 e. The highest BCUT2D eigenvalue weighted by Crippen LogP contribution is 2.38. The molecule has 4 rings (SSSR count). The molecule has 25 heavy (non-hydrogen) atoms. The van der Waals surface area contributed by atoms with Crippen molar-refractivity contribution in [3.8, 4) is 0 Å². The first-order chi connectivity index (χ1) is 12.2. The van der Waals surface area contributed by atoms with E-state index in [9.17, 15) is 9.59 Å². The Bertz CT molecular complexity index is 807. The van der Waals surface area contributed by atoms with Crippen molar-refractivity contribution in [3.63, 3.8) is 0 Å². The van der Waals surface area contributed by atoms with Crippen LogP contribution in [0.4, 0.5) is 5.69 Å². The molecule has 2 aromatic rings. The predicted molar refractivity (Wildman–Crippen MR) is 90.6 cm³/mol. The molecule has 1 aliphatic carbocycles. The van der Waals surface area contributed by atoms with Crippen molar-refractivity contribution in [1.29, 1.82) is 0 Å². The molecule has 0 radical (unpaired) electrons. The highest BCUT2D eigenvalue weighted by molar-refractivity contribution is 6.07. The van der Waals surface area contributed by atoms with Gasteiger partial charge in [-0.1, -0.05) is 36.2 Å². The summed E-state index contributed by atoms with van der Waals surface area (Å²) in [5.41, 5.74) is 2.39. The van der Waals surface area contributed by atoms with Gasteiger partial charge in [-0.15, -0.1) is 0 Å². The van der Waals surface area contributed by atoms with Gasteiger partial charge in [0.05, 0.1) is 12.8 Å². The van der Waals surface area contributed by atoms with E-state index in [0.29, 0.717) is 5.92 Å². The monoisotopic (exact) mass is 340 g/mol. The number of aromatic nitrogens is 1. The molecule has 6 nitrogen and oxygen atoms in total. The van der Waals surface area contributed by atoms with Gasteiger partial charge >= 0.3 is 5.97 Å². The van der Waals surface area contributed by atoms with Gasteiger partial charge in [0.25, 0.3) is 5.91 Å². The van der Waals surface area contributed by atoms with Crippen LogP contribution in [-0.2, 0) is 9.53 Å². The lowest BCUT2D eigenvalue weighted by atomic mass is 10.0. The molecule has 1 amide bonds. The van der Waals surface area contributed by atoms with Crippen LogP contribution in [0.15, 0.2) is 34.9 Å². The van der Waals surface area contributed by atoms with E-state index in [1.165, 1.54) is 20.0 Å². The van der Waals surface area contributed by atoms with Crippen LogP contribution in [0, 0.1) is 0 Å². The first kappa shape index (κ1) is 15.9. The van der Waals surface area contributed by atoms with Crippen molar-refractivity contribution < 1.29 is 18.8 Å². The second-order valence-corrected chi connectivity index (χ2v) is 6.65. The number of esters is 1. The third kappa shape index (κ3) is 2.71. The van der Waals surface area contributed by atoms with Gasteiger partial charge in [0.15, 0.2) is 0 Å². The number of nitrogens with zero attached hydrogens (tertiary/aromatic N) is 2. The molecule has 0 saturated heterocycles. The maximum absolute atomic E-state index is 12.9. The summed E-state index contributed by atoms with van der Waals surface area (Å²) in [4.78, 5) is 26.6. The smallest absolute Gasteiger partial charge is 0.315 e. The molecule has 1 fully saturated rings. The number of amides is 1. The van der Waals surface area contributed by atoms with Gasteiger partial charge in [-0.05, 0) is 24.5 Å². The molecule has 2 aliphatic rings. The summed E-state index contributed by atoms with van der Waals surface area (Å²) in [5, 5.41) is 4.10. The number of fused-ring (bicyclic) bond motifs is 1. The van der Waals surface area contributed by atoms with Crippen LogP contribution in [-0.4, -0.2) is 30.7 Å². The van der Waals surface area contributed by atoms with Gasteiger partial charge in [-0.3, -0.25) is 9.59 Å². The lowest BCUT2D eigenvalue weighted by molar-refractivity contribution is -0.141. The molecule has 1 unspecified atom stereocenters. The molecule has 0 bridgehead atoms. The van der Waals surface area contributed by atoms with Crippen molar-refractivity contribution in [2.45, 2.75) is 37.5 Å². The Morgan fingerprint density at radius 1 is 1.24 bits per heavy atom.